The minimum atomic E-state index is 0.119. The first kappa shape index (κ1) is 26.7. The molecule has 2 atom stereocenters. The van der Waals surface area contributed by atoms with Crippen LogP contribution in [0.2, 0.25) is 0 Å². The minimum Gasteiger partial charge on any atom is -0.353 e. The molecule has 3 aliphatic heterocycles. The number of anilines is 1. The minimum absolute atomic E-state index is 0.119. The van der Waals surface area contributed by atoms with Crippen molar-refractivity contribution in [2.45, 2.75) is 57.2 Å². The van der Waals surface area contributed by atoms with Crippen LogP contribution in [0.15, 0.2) is 78.9 Å². The number of nitriles is 1. The topological polar surface area (TPSA) is 63.5 Å². The molecule has 42 heavy (non-hydrogen) atoms. The maximum Gasteiger partial charge on any atom is 0.255 e. The van der Waals surface area contributed by atoms with Crippen LogP contribution in [0.4, 0.5) is 5.82 Å². The monoisotopic (exact) mass is 555 g/mol. The van der Waals surface area contributed by atoms with Crippen LogP contribution in [-0.4, -0.2) is 59.1 Å². The SMILES string of the molecule is N#Cc1ccc(-c2ccc3nc(N4CCCC4Cc4ccccc4)cc(C(=O)N4CCCC4N4CCCC4)c3c2)cc1. The van der Waals surface area contributed by atoms with Crippen LogP contribution in [-0.2, 0) is 6.42 Å². The van der Waals surface area contributed by atoms with Crippen LogP contribution < -0.4 is 4.90 Å². The van der Waals surface area contributed by atoms with E-state index in [1.54, 1.807) is 0 Å². The van der Waals surface area contributed by atoms with Crippen LogP contribution in [0.3, 0.4) is 0 Å². The van der Waals surface area contributed by atoms with Gasteiger partial charge in [0.25, 0.3) is 5.91 Å². The third-order valence-electron chi connectivity index (χ3n) is 9.40. The van der Waals surface area contributed by atoms with E-state index < -0.39 is 0 Å². The fourth-order valence-electron chi connectivity index (χ4n) is 7.25. The predicted octanol–water partition coefficient (Wildman–Crippen LogP) is 6.64. The average molecular weight is 556 g/mol. The Kier molecular flexibility index (Phi) is 7.36. The number of aromatic nitrogens is 1. The number of carbonyl (C=O) groups is 1. The van der Waals surface area contributed by atoms with Crippen LogP contribution in [0.1, 0.15) is 60.0 Å². The standard InChI is InChI=1S/C36H37N5O/c37-25-27-12-14-28(15-13-27)29-16-17-33-31(23-29)32(36(42)41-21-7-11-35(41)39-18-4-5-19-39)24-34(38-33)40-20-6-10-30(40)22-26-8-2-1-3-9-26/h1-3,8-9,12-17,23-24,30,35H,4-7,10-11,18-22H2. The van der Waals surface area contributed by atoms with Gasteiger partial charge in [-0.2, -0.15) is 5.26 Å². The molecule has 0 N–H and O–H groups in total. The number of carbonyl (C=O) groups excluding carboxylic acids is 1. The second kappa shape index (κ2) is 11.6. The number of likely N-dealkylation sites (tertiary alicyclic amines) is 2. The second-order valence-electron chi connectivity index (χ2n) is 12.0. The van der Waals surface area contributed by atoms with E-state index in [-0.39, 0.29) is 12.1 Å². The number of fused-ring (bicyclic) bond motifs is 1. The Hall–Kier alpha value is -4.21. The van der Waals surface area contributed by atoms with Gasteiger partial charge in [0.05, 0.1) is 28.9 Å². The third-order valence-corrected chi connectivity index (χ3v) is 9.40. The van der Waals surface area contributed by atoms with Crippen molar-refractivity contribution in [2.24, 2.45) is 0 Å². The van der Waals surface area contributed by atoms with Crippen molar-refractivity contribution in [1.29, 1.82) is 5.26 Å². The first-order valence-corrected chi connectivity index (χ1v) is 15.5. The van der Waals surface area contributed by atoms with E-state index in [9.17, 15) is 10.1 Å². The van der Waals surface area contributed by atoms with Crippen LogP contribution in [0.5, 0.6) is 0 Å². The summed E-state index contributed by atoms with van der Waals surface area (Å²) in [5.41, 5.74) is 5.63. The first-order chi connectivity index (χ1) is 20.7. The maximum atomic E-state index is 14.5. The van der Waals surface area contributed by atoms with E-state index in [4.69, 9.17) is 4.98 Å². The zero-order chi connectivity index (χ0) is 28.5. The summed E-state index contributed by atoms with van der Waals surface area (Å²) in [4.78, 5) is 26.8. The van der Waals surface area contributed by atoms with Crippen molar-refractivity contribution >= 4 is 22.6 Å². The molecular formula is C36H37N5O. The fourth-order valence-corrected chi connectivity index (χ4v) is 7.25. The highest BCUT2D eigenvalue weighted by Crippen LogP contribution is 2.34. The lowest BCUT2D eigenvalue weighted by Gasteiger charge is -2.33. The number of benzene rings is 3. The van der Waals surface area contributed by atoms with Crippen LogP contribution in [0, 0.1) is 11.3 Å². The molecule has 0 bridgehead atoms. The Morgan fingerprint density at radius 2 is 1.60 bits per heavy atom. The zero-order valence-electron chi connectivity index (χ0n) is 24.1. The predicted molar refractivity (Wildman–Crippen MR) is 167 cm³/mol. The lowest BCUT2D eigenvalue weighted by molar-refractivity contribution is 0.0532. The van der Waals surface area contributed by atoms with E-state index in [1.807, 2.05) is 24.3 Å². The van der Waals surface area contributed by atoms with E-state index in [1.165, 1.54) is 18.4 Å². The Morgan fingerprint density at radius 1 is 0.833 bits per heavy atom. The Labute approximate surface area is 248 Å². The molecule has 0 saturated carbocycles. The van der Waals surface area contributed by atoms with Gasteiger partial charge in [-0.05, 0) is 92.0 Å². The van der Waals surface area contributed by atoms with E-state index >= 15 is 0 Å². The summed E-state index contributed by atoms with van der Waals surface area (Å²) in [7, 11) is 0. The number of hydrogen-bond acceptors (Lipinski definition) is 5. The molecule has 3 fully saturated rings. The highest BCUT2D eigenvalue weighted by Gasteiger charge is 2.36. The van der Waals surface area contributed by atoms with Gasteiger partial charge >= 0.3 is 0 Å². The third kappa shape index (κ3) is 5.14. The molecule has 3 aliphatic rings. The molecule has 4 heterocycles. The summed E-state index contributed by atoms with van der Waals surface area (Å²) in [6.07, 6.45) is 7.93. The smallest absolute Gasteiger partial charge is 0.255 e. The van der Waals surface area contributed by atoms with Crippen molar-refractivity contribution in [2.75, 3.05) is 31.1 Å². The molecule has 0 radical (unpaired) electrons. The summed E-state index contributed by atoms with van der Waals surface area (Å²) in [6, 6.07) is 29.3. The van der Waals surface area contributed by atoms with Crippen molar-refractivity contribution in [3.8, 4) is 17.2 Å². The Bertz CT molecular complexity index is 1620. The maximum absolute atomic E-state index is 14.5. The number of pyridine rings is 1. The van der Waals surface area contributed by atoms with Crippen LogP contribution >= 0.6 is 0 Å². The molecule has 3 saturated heterocycles. The van der Waals surface area contributed by atoms with Gasteiger partial charge in [-0.3, -0.25) is 9.69 Å². The van der Waals surface area contributed by atoms with E-state index in [0.29, 0.717) is 11.6 Å². The fraction of sp³-hybridized carbons (Fsp3) is 0.361. The lowest BCUT2D eigenvalue weighted by Crippen LogP contribution is -2.46. The number of amides is 1. The van der Waals surface area contributed by atoms with Crippen LogP contribution in [0.25, 0.3) is 22.0 Å². The Balaban J connectivity index is 1.30. The first-order valence-electron chi connectivity index (χ1n) is 15.5. The van der Waals surface area contributed by atoms with E-state index in [2.05, 4.69) is 75.4 Å². The van der Waals surface area contributed by atoms with Gasteiger partial charge in [-0.15, -0.1) is 0 Å². The molecule has 212 valence electrons. The van der Waals surface area contributed by atoms with E-state index in [0.717, 1.165) is 91.7 Å². The van der Waals surface area contributed by atoms with Gasteiger partial charge in [-0.1, -0.05) is 48.5 Å². The average Bonchev–Trinajstić information content (AvgIpc) is 3.83. The summed E-state index contributed by atoms with van der Waals surface area (Å²) >= 11 is 0. The van der Waals surface area contributed by atoms with Crippen molar-refractivity contribution < 1.29 is 4.79 Å². The molecule has 1 amide bonds. The molecule has 2 unspecified atom stereocenters. The summed E-state index contributed by atoms with van der Waals surface area (Å²) < 4.78 is 0. The van der Waals surface area contributed by atoms with Gasteiger partial charge in [0, 0.05) is 37.6 Å². The summed E-state index contributed by atoms with van der Waals surface area (Å²) in [5.74, 6) is 1.03. The van der Waals surface area contributed by atoms with Crippen molar-refractivity contribution in [3.63, 3.8) is 0 Å². The zero-order valence-corrected chi connectivity index (χ0v) is 24.1. The Morgan fingerprint density at radius 3 is 2.38 bits per heavy atom. The van der Waals surface area contributed by atoms with Gasteiger partial charge in [-0.25, -0.2) is 4.98 Å². The molecule has 7 rings (SSSR count). The lowest BCUT2D eigenvalue weighted by atomic mass is 9.99. The second-order valence-corrected chi connectivity index (χ2v) is 12.0. The van der Waals surface area contributed by atoms with Gasteiger partial charge in [0.1, 0.15) is 5.82 Å². The number of rotatable bonds is 6. The molecule has 4 aromatic rings. The molecule has 0 aliphatic carbocycles. The largest absolute Gasteiger partial charge is 0.353 e. The van der Waals surface area contributed by atoms with Crippen molar-refractivity contribution in [3.05, 3.63) is 95.6 Å². The highest BCUT2D eigenvalue weighted by molar-refractivity contribution is 6.08. The summed E-state index contributed by atoms with van der Waals surface area (Å²) in [6.45, 7) is 3.91. The normalized spacial score (nSPS) is 20.8. The van der Waals surface area contributed by atoms with Gasteiger partial charge in [0.15, 0.2) is 0 Å². The molecule has 3 aromatic carbocycles. The number of hydrogen-bond donors (Lipinski definition) is 0. The molecule has 6 nitrogen and oxygen atoms in total. The van der Waals surface area contributed by atoms with Crippen molar-refractivity contribution in [1.82, 2.24) is 14.8 Å². The molecule has 1 aromatic heterocycles. The quantitative estimate of drug-likeness (QED) is 0.267. The number of nitrogens with zero attached hydrogens (tertiary/aromatic N) is 5. The molecule has 6 heteroatoms. The molecule has 0 spiro atoms. The summed E-state index contributed by atoms with van der Waals surface area (Å²) in [5, 5.41) is 10.2. The molecular weight excluding hydrogens is 518 g/mol. The van der Waals surface area contributed by atoms with Gasteiger partial charge < -0.3 is 9.80 Å². The van der Waals surface area contributed by atoms with Gasteiger partial charge in [0.2, 0.25) is 0 Å². The highest BCUT2D eigenvalue weighted by atomic mass is 16.2.